The number of nitrogens with one attached hydrogen (secondary N) is 1. The Morgan fingerprint density at radius 3 is 3.10 bits per heavy atom. The van der Waals surface area contributed by atoms with Crippen LogP contribution in [0.2, 0.25) is 0 Å². The van der Waals surface area contributed by atoms with Crippen LogP contribution in [0.25, 0.3) is 0 Å². The molecule has 0 amide bonds. The fraction of sp³-hybridized carbons (Fsp3) is 0.714. The molecule has 20 heavy (non-hydrogen) atoms. The zero-order chi connectivity index (χ0) is 13.9. The Kier molecular flexibility index (Phi) is 4.31. The molecule has 3 heterocycles. The summed E-state index contributed by atoms with van der Waals surface area (Å²) in [5, 5.41) is 3.75. The van der Waals surface area contributed by atoms with Gasteiger partial charge in [0.15, 0.2) is 5.82 Å². The third-order valence-electron chi connectivity index (χ3n) is 4.12. The van der Waals surface area contributed by atoms with E-state index in [9.17, 15) is 4.79 Å². The fourth-order valence-corrected chi connectivity index (χ4v) is 4.17. The van der Waals surface area contributed by atoms with E-state index in [0.717, 1.165) is 19.5 Å². The van der Waals surface area contributed by atoms with Gasteiger partial charge in [-0.1, -0.05) is 0 Å². The molecule has 0 radical (unpaired) electrons. The van der Waals surface area contributed by atoms with Gasteiger partial charge in [-0.3, -0.25) is 4.79 Å². The van der Waals surface area contributed by atoms with E-state index in [1.54, 1.807) is 24.0 Å². The molecule has 0 spiro atoms. The minimum atomic E-state index is 0.00423. The highest BCUT2D eigenvalue weighted by atomic mass is 32.2. The molecule has 2 aliphatic heterocycles. The highest BCUT2D eigenvalue weighted by Crippen LogP contribution is 2.20. The first-order valence-corrected chi connectivity index (χ1v) is 8.50. The van der Waals surface area contributed by atoms with Crippen LogP contribution >= 0.6 is 11.8 Å². The van der Waals surface area contributed by atoms with Crippen molar-refractivity contribution in [2.45, 2.75) is 31.3 Å². The number of anilines is 1. The van der Waals surface area contributed by atoms with Gasteiger partial charge in [0, 0.05) is 50.4 Å². The predicted molar refractivity (Wildman–Crippen MR) is 83.6 cm³/mol. The van der Waals surface area contributed by atoms with Crippen LogP contribution in [0, 0.1) is 0 Å². The van der Waals surface area contributed by atoms with E-state index in [1.807, 2.05) is 11.8 Å². The Morgan fingerprint density at radius 1 is 1.40 bits per heavy atom. The number of piperidine rings is 1. The van der Waals surface area contributed by atoms with Crippen LogP contribution in [0.1, 0.15) is 19.3 Å². The number of rotatable bonds is 3. The van der Waals surface area contributed by atoms with E-state index < -0.39 is 0 Å². The summed E-state index contributed by atoms with van der Waals surface area (Å²) in [6.45, 7) is 1.83. The Morgan fingerprint density at radius 2 is 2.30 bits per heavy atom. The molecular weight excluding hydrogens is 272 g/mol. The number of thioether (sulfide) groups is 1. The lowest BCUT2D eigenvalue weighted by atomic mass is 10.0. The van der Waals surface area contributed by atoms with Gasteiger partial charge in [-0.05, 0) is 25.0 Å². The molecule has 2 atom stereocenters. The van der Waals surface area contributed by atoms with Gasteiger partial charge in [-0.25, -0.2) is 4.98 Å². The Bertz CT molecular complexity index is 512. The highest BCUT2D eigenvalue weighted by molar-refractivity contribution is 7.99. The Labute approximate surface area is 123 Å². The SMILES string of the molecule is Cn1ccnc(N2CCCC(NC3CCSC3)C2)c1=O. The van der Waals surface area contributed by atoms with E-state index in [1.165, 1.54) is 24.3 Å². The summed E-state index contributed by atoms with van der Waals surface area (Å²) in [4.78, 5) is 18.6. The molecule has 1 aromatic heterocycles. The van der Waals surface area contributed by atoms with Crippen LogP contribution in [0.3, 0.4) is 0 Å². The van der Waals surface area contributed by atoms with Gasteiger partial charge in [-0.15, -0.1) is 0 Å². The van der Waals surface area contributed by atoms with Crippen LogP contribution in [0.15, 0.2) is 17.2 Å². The van der Waals surface area contributed by atoms with Crippen molar-refractivity contribution < 1.29 is 0 Å². The predicted octanol–water partition coefficient (Wildman–Crippen LogP) is 0.844. The van der Waals surface area contributed by atoms with E-state index in [-0.39, 0.29) is 5.56 Å². The normalized spacial score (nSPS) is 26.9. The molecule has 110 valence electrons. The van der Waals surface area contributed by atoms with Gasteiger partial charge in [0.2, 0.25) is 0 Å². The van der Waals surface area contributed by atoms with Crippen LogP contribution in [-0.4, -0.2) is 46.2 Å². The molecule has 0 saturated carbocycles. The lowest BCUT2D eigenvalue weighted by Crippen LogP contribution is -2.50. The first-order chi connectivity index (χ1) is 9.74. The number of hydrogen-bond acceptors (Lipinski definition) is 5. The Balaban J connectivity index is 1.68. The minimum Gasteiger partial charge on any atom is -0.350 e. The minimum absolute atomic E-state index is 0.00423. The Hall–Kier alpha value is -1.01. The molecule has 2 saturated heterocycles. The maximum absolute atomic E-state index is 12.2. The molecule has 0 aliphatic carbocycles. The van der Waals surface area contributed by atoms with Gasteiger partial charge in [0.25, 0.3) is 5.56 Å². The average Bonchev–Trinajstić information content (AvgIpc) is 2.95. The summed E-state index contributed by atoms with van der Waals surface area (Å²) < 4.78 is 1.60. The van der Waals surface area contributed by atoms with E-state index in [2.05, 4.69) is 15.2 Å². The molecule has 0 aromatic carbocycles. The number of aromatic nitrogens is 2. The van der Waals surface area contributed by atoms with Gasteiger partial charge in [-0.2, -0.15) is 11.8 Å². The molecule has 3 rings (SSSR count). The first kappa shape index (κ1) is 13.9. The number of hydrogen-bond donors (Lipinski definition) is 1. The van der Waals surface area contributed by atoms with Gasteiger partial charge >= 0.3 is 0 Å². The third kappa shape index (κ3) is 3.01. The summed E-state index contributed by atoms with van der Waals surface area (Å²) in [7, 11) is 1.78. The van der Waals surface area contributed by atoms with Crippen LogP contribution in [-0.2, 0) is 7.05 Å². The van der Waals surface area contributed by atoms with E-state index >= 15 is 0 Å². The molecule has 0 bridgehead atoms. The largest absolute Gasteiger partial charge is 0.350 e. The fourth-order valence-electron chi connectivity index (χ4n) is 3.01. The van der Waals surface area contributed by atoms with Crippen LogP contribution < -0.4 is 15.8 Å². The number of nitrogens with zero attached hydrogens (tertiary/aromatic N) is 3. The standard InChI is InChI=1S/C14H22N4OS/c1-17-7-5-15-13(14(17)19)18-6-2-3-11(9-18)16-12-4-8-20-10-12/h5,7,11-12,16H,2-4,6,8-10H2,1H3. The highest BCUT2D eigenvalue weighted by Gasteiger charge is 2.26. The van der Waals surface area contributed by atoms with Gasteiger partial charge < -0.3 is 14.8 Å². The first-order valence-electron chi connectivity index (χ1n) is 7.34. The maximum Gasteiger partial charge on any atom is 0.293 e. The van der Waals surface area contributed by atoms with Crippen molar-refractivity contribution in [2.75, 3.05) is 29.5 Å². The molecule has 2 fully saturated rings. The molecule has 2 aliphatic rings. The monoisotopic (exact) mass is 294 g/mol. The smallest absolute Gasteiger partial charge is 0.293 e. The summed E-state index contributed by atoms with van der Waals surface area (Å²) in [5.74, 6) is 3.10. The number of aryl methyl sites for hydroxylation is 1. The molecule has 5 nitrogen and oxygen atoms in total. The van der Waals surface area contributed by atoms with Gasteiger partial charge in [0.1, 0.15) is 0 Å². The summed E-state index contributed by atoms with van der Waals surface area (Å²) in [6, 6.07) is 1.13. The van der Waals surface area contributed by atoms with E-state index in [0.29, 0.717) is 17.9 Å². The molecule has 2 unspecified atom stereocenters. The second-order valence-electron chi connectivity index (χ2n) is 5.68. The molecule has 1 aromatic rings. The zero-order valence-electron chi connectivity index (χ0n) is 11.9. The molecule has 1 N–H and O–H groups in total. The second kappa shape index (κ2) is 6.18. The quantitative estimate of drug-likeness (QED) is 0.895. The lowest BCUT2D eigenvalue weighted by molar-refractivity contribution is 0.385. The van der Waals surface area contributed by atoms with Crippen molar-refractivity contribution in [2.24, 2.45) is 7.05 Å². The average molecular weight is 294 g/mol. The van der Waals surface area contributed by atoms with Crippen molar-refractivity contribution in [3.05, 3.63) is 22.7 Å². The van der Waals surface area contributed by atoms with Gasteiger partial charge in [0.05, 0.1) is 0 Å². The topological polar surface area (TPSA) is 50.2 Å². The van der Waals surface area contributed by atoms with Crippen molar-refractivity contribution in [3.8, 4) is 0 Å². The van der Waals surface area contributed by atoms with Crippen molar-refractivity contribution in [1.82, 2.24) is 14.9 Å². The molecule has 6 heteroatoms. The second-order valence-corrected chi connectivity index (χ2v) is 6.83. The van der Waals surface area contributed by atoms with Crippen LogP contribution in [0.4, 0.5) is 5.82 Å². The summed E-state index contributed by atoms with van der Waals surface area (Å²) >= 11 is 2.03. The van der Waals surface area contributed by atoms with Crippen molar-refractivity contribution in [3.63, 3.8) is 0 Å². The summed E-state index contributed by atoms with van der Waals surface area (Å²) in [6.07, 6.45) is 7.01. The van der Waals surface area contributed by atoms with Crippen LogP contribution in [0.5, 0.6) is 0 Å². The molecular formula is C14H22N4OS. The lowest BCUT2D eigenvalue weighted by Gasteiger charge is -2.35. The summed E-state index contributed by atoms with van der Waals surface area (Å²) in [5.41, 5.74) is 0.00423. The van der Waals surface area contributed by atoms with Crippen molar-refractivity contribution in [1.29, 1.82) is 0 Å². The maximum atomic E-state index is 12.2. The van der Waals surface area contributed by atoms with E-state index in [4.69, 9.17) is 0 Å². The zero-order valence-corrected chi connectivity index (χ0v) is 12.7. The van der Waals surface area contributed by atoms with Crippen molar-refractivity contribution >= 4 is 17.6 Å². The third-order valence-corrected chi connectivity index (χ3v) is 5.28.